The smallest absolute Gasteiger partial charge is 0.293 e. The van der Waals surface area contributed by atoms with Gasteiger partial charge in [0.05, 0.1) is 225 Å². The summed E-state index contributed by atoms with van der Waals surface area (Å²) in [5.41, 5.74) is 0. The highest BCUT2D eigenvalue weighted by Crippen LogP contribution is 2.07. The summed E-state index contributed by atoms with van der Waals surface area (Å²) in [7, 11) is 0. The molecule has 33 nitrogen and oxygen atoms in total. The van der Waals surface area contributed by atoms with E-state index in [0.717, 1.165) is 12.8 Å². The highest BCUT2D eigenvalue weighted by Gasteiger charge is 2.21. The van der Waals surface area contributed by atoms with E-state index in [2.05, 4.69) is 9.47 Å². The summed E-state index contributed by atoms with van der Waals surface area (Å²) in [5, 5.41) is 0. The fraction of sp³-hybridized carbons (Fsp3) is 0.897. The molecule has 0 fully saturated rings. The molecule has 0 saturated heterocycles. The van der Waals surface area contributed by atoms with Gasteiger partial charge in [0.1, 0.15) is 76.3 Å². The lowest BCUT2D eigenvalue weighted by Gasteiger charge is -2.24. The van der Waals surface area contributed by atoms with Crippen LogP contribution in [0.4, 0.5) is 0 Å². The number of hydrogen-bond acceptors (Lipinski definition) is 33. The van der Waals surface area contributed by atoms with Gasteiger partial charge in [-0.05, 0) is 12.8 Å². The minimum absolute atomic E-state index is 0.0135. The van der Waals surface area contributed by atoms with Gasteiger partial charge < -0.3 is 128 Å². The topological polar surface area (TPSA) is 352 Å². The molecule has 0 radical (unpaired) electrons. The molecule has 0 heterocycles. The Hall–Kier alpha value is -4.02. The molecule has 33 heteroatoms. The maximum absolute atomic E-state index is 10.6. The van der Waals surface area contributed by atoms with E-state index in [9.17, 15) is 28.8 Å². The molecule has 0 aliphatic carbocycles. The Morgan fingerprint density at radius 3 is 0.495 bits per heavy atom. The number of carbonyl (C=O) groups excluding carboxylic acids is 6. The van der Waals surface area contributed by atoms with Gasteiger partial charge in [0, 0.05) is 13.2 Å². The molecule has 0 aliphatic rings. The first kappa shape index (κ1) is 87.0. The van der Waals surface area contributed by atoms with Crippen molar-refractivity contribution in [2.75, 3.05) is 277 Å². The molecule has 0 bridgehead atoms. The summed E-state index contributed by atoms with van der Waals surface area (Å²) in [5.74, 6) is 0. The van der Waals surface area contributed by atoms with Crippen molar-refractivity contribution in [3.05, 3.63) is 0 Å². The van der Waals surface area contributed by atoms with Crippen LogP contribution in [-0.4, -0.2) is 353 Å². The molecular formula is C58H106O33. The van der Waals surface area contributed by atoms with Gasteiger partial charge in [-0.3, -0.25) is 28.8 Å². The monoisotopic (exact) mass is 1330 g/mol. The van der Waals surface area contributed by atoms with Crippen LogP contribution < -0.4 is 0 Å². The van der Waals surface area contributed by atoms with Crippen molar-refractivity contribution in [2.24, 2.45) is 0 Å². The third-order valence-corrected chi connectivity index (χ3v) is 11.1. The van der Waals surface area contributed by atoms with Gasteiger partial charge >= 0.3 is 0 Å². The van der Waals surface area contributed by atoms with Crippen molar-refractivity contribution in [1.82, 2.24) is 0 Å². The fourth-order valence-electron chi connectivity index (χ4n) is 6.86. The second kappa shape index (κ2) is 75.0. The van der Waals surface area contributed by atoms with Gasteiger partial charge in [-0.15, -0.1) is 0 Å². The first-order chi connectivity index (χ1) is 45.0. The van der Waals surface area contributed by atoms with E-state index < -0.39 is 36.6 Å². The van der Waals surface area contributed by atoms with E-state index in [0.29, 0.717) is 78.5 Å². The number of ether oxygens (including phenoxy) is 27. The Morgan fingerprint density at radius 1 is 0.176 bits per heavy atom. The summed E-state index contributed by atoms with van der Waals surface area (Å²) in [6, 6.07) is 0. The SMILES string of the molecule is CCCOCCOCC(COCC(COCC(COCC(COCC(COCC(COCCOCCC)OCCOCCOC=O)OCCOCCOC=O)OCCOCCOC=O)OCCOCCOC=O)OCCOCCOC=O)OCCOCCOC=O. The fourth-order valence-corrected chi connectivity index (χ4v) is 6.86. The summed E-state index contributed by atoms with van der Waals surface area (Å²) in [6.45, 7) is 13.5. The largest absolute Gasteiger partial charge is 0.465 e. The van der Waals surface area contributed by atoms with E-state index in [1.807, 2.05) is 13.8 Å². The first-order valence-corrected chi connectivity index (χ1v) is 30.7. The second-order valence-corrected chi connectivity index (χ2v) is 18.5. The Balaban J connectivity index is 6.20. The zero-order valence-electron chi connectivity index (χ0n) is 53.5. The molecule has 6 atom stereocenters. The van der Waals surface area contributed by atoms with Crippen molar-refractivity contribution in [3.8, 4) is 0 Å². The van der Waals surface area contributed by atoms with Crippen LogP contribution in [0.15, 0.2) is 0 Å². The zero-order valence-corrected chi connectivity index (χ0v) is 53.5. The van der Waals surface area contributed by atoms with Crippen LogP contribution in [0.5, 0.6) is 0 Å². The molecule has 536 valence electrons. The highest BCUT2D eigenvalue weighted by atomic mass is 16.6. The Kier molecular flexibility index (Phi) is 71.7. The van der Waals surface area contributed by atoms with E-state index in [1.165, 1.54) is 0 Å². The lowest BCUT2D eigenvalue weighted by atomic mass is 10.3. The van der Waals surface area contributed by atoms with Crippen LogP contribution in [0.3, 0.4) is 0 Å². The molecule has 0 spiro atoms. The Labute approximate surface area is 535 Å². The molecule has 0 aromatic heterocycles. The van der Waals surface area contributed by atoms with Gasteiger partial charge in [0.25, 0.3) is 38.8 Å². The minimum atomic E-state index is -0.658. The van der Waals surface area contributed by atoms with Crippen molar-refractivity contribution in [3.63, 3.8) is 0 Å². The highest BCUT2D eigenvalue weighted by molar-refractivity contribution is 5.38. The van der Waals surface area contributed by atoms with Crippen LogP contribution in [-0.2, 0) is 157 Å². The van der Waals surface area contributed by atoms with Crippen molar-refractivity contribution in [2.45, 2.75) is 63.3 Å². The van der Waals surface area contributed by atoms with Crippen molar-refractivity contribution >= 4 is 38.8 Å². The molecule has 91 heavy (non-hydrogen) atoms. The van der Waals surface area contributed by atoms with Gasteiger partial charge in [-0.1, -0.05) is 13.8 Å². The minimum Gasteiger partial charge on any atom is -0.465 e. The van der Waals surface area contributed by atoms with Crippen LogP contribution in [0.2, 0.25) is 0 Å². The van der Waals surface area contributed by atoms with E-state index >= 15 is 0 Å². The van der Waals surface area contributed by atoms with Gasteiger partial charge in [-0.2, -0.15) is 0 Å². The lowest BCUT2D eigenvalue weighted by Crippen LogP contribution is -2.36. The standard InChI is InChI=1S/C58H106O33/c1-3-5-65-7-15-73-35-53(86-29-23-67-9-17-75-47-59)37-81-39-55(88-31-25-69-11-19-77-49-61)41-83-43-57(90-33-27-71-13-21-79-51-63)45-85-46-58(91-34-28-72-14-22-80-52-64)44-84-42-56(89-32-26-70-12-20-78-50-62)40-82-38-54(36-74-16-8-66-6-4-2)87-30-24-68-10-18-76-48-60/h47-58H,3-46H2,1-2H3. The maximum atomic E-state index is 10.6. The van der Waals surface area contributed by atoms with Gasteiger partial charge in [0.2, 0.25) is 0 Å². The number of rotatable bonds is 82. The Morgan fingerprint density at radius 2 is 0.319 bits per heavy atom. The number of carbonyl (C=O) groups is 6. The molecule has 6 unspecified atom stereocenters. The Bertz CT molecular complexity index is 1410. The normalized spacial score (nSPS) is 13.4. The number of hydrogen-bond donors (Lipinski definition) is 0. The third kappa shape index (κ3) is 65.8. The average molecular weight is 1330 g/mol. The van der Waals surface area contributed by atoms with Crippen molar-refractivity contribution < 1.29 is 157 Å². The second-order valence-electron chi connectivity index (χ2n) is 18.5. The molecule has 0 amide bonds. The maximum Gasteiger partial charge on any atom is 0.293 e. The zero-order chi connectivity index (χ0) is 65.9. The molecule has 0 rings (SSSR count). The first-order valence-electron chi connectivity index (χ1n) is 30.7. The average Bonchev–Trinajstić information content (AvgIpc) is 3.71. The predicted molar refractivity (Wildman–Crippen MR) is 313 cm³/mol. The lowest BCUT2D eigenvalue weighted by molar-refractivity contribution is -0.134. The van der Waals surface area contributed by atoms with Gasteiger partial charge in [0.15, 0.2) is 0 Å². The van der Waals surface area contributed by atoms with E-state index in [1.54, 1.807) is 0 Å². The summed E-state index contributed by atoms with van der Waals surface area (Å²) < 4.78 is 151. The van der Waals surface area contributed by atoms with Crippen LogP contribution in [0.25, 0.3) is 0 Å². The molecule has 0 aromatic carbocycles. The van der Waals surface area contributed by atoms with Crippen LogP contribution >= 0.6 is 0 Å². The quantitative estimate of drug-likeness (QED) is 0.0417. The molecule has 0 N–H and O–H groups in total. The van der Waals surface area contributed by atoms with Gasteiger partial charge in [-0.25, -0.2) is 0 Å². The molecule has 0 saturated carbocycles. The molecular weight excluding hydrogens is 1220 g/mol. The van der Waals surface area contributed by atoms with E-state index in [-0.39, 0.29) is 238 Å². The van der Waals surface area contributed by atoms with Crippen LogP contribution in [0, 0.1) is 0 Å². The molecule has 0 aromatic rings. The predicted octanol–water partition coefficient (Wildman–Crippen LogP) is -0.595. The summed E-state index contributed by atoms with van der Waals surface area (Å²) >= 11 is 0. The van der Waals surface area contributed by atoms with E-state index in [4.69, 9.17) is 118 Å². The molecule has 0 aliphatic heterocycles. The van der Waals surface area contributed by atoms with Crippen molar-refractivity contribution in [1.29, 1.82) is 0 Å². The van der Waals surface area contributed by atoms with Crippen LogP contribution in [0.1, 0.15) is 26.7 Å². The third-order valence-electron chi connectivity index (χ3n) is 11.1. The summed E-state index contributed by atoms with van der Waals surface area (Å²) in [4.78, 5) is 63.3. The summed E-state index contributed by atoms with van der Waals surface area (Å²) in [6.07, 6.45) is -1.77.